The van der Waals surface area contributed by atoms with E-state index in [-0.39, 0.29) is 24.7 Å². The van der Waals surface area contributed by atoms with Crippen LogP contribution < -0.4 is 5.32 Å². The monoisotopic (exact) mass is 373 g/mol. The number of carboxylic acid groups (broad SMARTS) is 1. The number of hydrogen-bond donors (Lipinski definition) is 2. The van der Waals surface area contributed by atoms with E-state index >= 15 is 0 Å². The van der Waals surface area contributed by atoms with E-state index in [4.69, 9.17) is 5.11 Å². The predicted octanol–water partition coefficient (Wildman–Crippen LogP) is 1.58. The fourth-order valence-electron chi connectivity index (χ4n) is 4.09. The van der Waals surface area contributed by atoms with E-state index in [1.165, 1.54) is 0 Å². The maximum atomic E-state index is 12.7. The molecule has 27 heavy (non-hydrogen) atoms. The third-order valence-corrected chi connectivity index (χ3v) is 5.54. The van der Waals surface area contributed by atoms with Crippen LogP contribution in [0.3, 0.4) is 0 Å². The van der Waals surface area contributed by atoms with Crippen LogP contribution in [0, 0.1) is 5.92 Å². The fraction of sp³-hybridized carbons (Fsp3) is 0.550. The Morgan fingerprint density at radius 3 is 2.81 bits per heavy atom. The summed E-state index contributed by atoms with van der Waals surface area (Å²) in [6.45, 7) is 5.31. The number of benzene rings is 1. The summed E-state index contributed by atoms with van der Waals surface area (Å²) in [6.07, 6.45) is 2.31. The molecule has 0 spiro atoms. The highest BCUT2D eigenvalue weighted by atomic mass is 16.4. The number of aliphatic carboxylic acids is 1. The molecule has 2 unspecified atom stereocenters. The van der Waals surface area contributed by atoms with Gasteiger partial charge in [0.25, 0.3) is 0 Å². The normalized spacial score (nSPS) is 23.0. The molecule has 2 amide bonds. The Bertz CT molecular complexity index is 721. The topological polar surface area (TPSA) is 89.9 Å². The summed E-state index contributed by atoms with van der Waals surface area (Å²) in [7, 11) is 0. The molecule has 2 heterocycles. The molecule has 146 valence electrons. The van der Waals surface area contributed by atoms with Crippen LogP contribution in [0.15, 0.2) is 24.3 Å². The minimum absolute atomic E-state index is 0.0249. The highest BCUT2D eigenvalue weighted by Crippen LogP contribution is 2.25. The van der Waals surface area contributed by atoms with Gasteiger partial charge in [-0.2, -0.15) is 0 Å². The molecule has 0 aromatic heterocycles. The first kappa shape index (κ1) is 19.4. The molecule has 2 saturated heterocycles. The van der Waals surface area contributed by atoms with Crippen molar-refractivity contribution in [3.63, 3.8) is 0 Å². The van der Waals surface area contributed by atoms with E-state index in [9.17, 15) is 14.4 Å². The lowest BCUT2D eigenvalue weighted by atomic mass is 10.1. The molecule has 2 aliphatic heterocycles. The maximum absolute atomic E-state index is 12.7. The van der Waals surface area contributed by atoms with Gasteiger partial charge in [0.2, 0.25) is 11.8 Å². The molecule has 0 aliphatic carbocycles. The van der Waals surface area contributed by atoms with E-state index < -0.39 is 11.9 Å². The number of rotatable bonds is 7. The van der Waals surface area contributed by atoms with Crippen molar-refractivity contribution in [2.75, 3.05) is 31.5 Å². The van der Waals surface area contributed by atoms with Gasteiger partial charge in [0.15, 0.2) is 0 Å². The van der Waals surface area contributed by atoms with Crippen LogP contribution in [-0.4, -0.2) is 64.9 Å². The molecule has 1 aromatic rings. The number of likely N-dealkylation sites (N-methyl/N-ethyl adjacent to an activating group) is 1. The van der Waals surface area contributed by atoms with E-state index in [1.807, 2.05) is 4.90 Å². The number of likely N-dealkylation sites (tertiary alicyclic amines) is 2. The average Bonchev–Trinajstić information content (AvgIpc) is 3.23. The van der Waals surface area contributed by atoms with Gasteiger partial charge in [0.05, 0.1) is 12.3 Å². The smallest absolute Gasteiger partial charge is 0.307 e. The Morgan fingerprint density at radius 2 is 2.07 bits per heavy atom. The summed E-state index contributed by atoms with van der Waals surface area (Å²) in [5.41, 5.74) is 1.06. The van der Waals surface area contributed by atoms with Crippen LogP contribution in [0.2, 0.25) is 0 Å². The van der Waals surface area contributed by atoms with E-state index in [0.29, 0.717) is 30.4 Å². The Labute approximate surface area is 159 Å². The Hall–Kier alpha value is -2.41. The van der Waals surface area contributed by atoms with Gasteiger partial charge < -0.3 is 15.3 Å². The van der Waals surface area contributed by atoms with Crippen molar-refractivity contribution < 1.29 is 19.5 Å². The van der Waals surface area contributed by atoms with Gasteiger partial charge in [0, 0.05) is 31.2 Å². The van der Waals surface area contributed by atoms with Gasteiger partial charge in [-0.15, -0.1) is 0 Å². The lowest BCUT2D eigenvalue weighted by Crippen LogP contribution is -2.41. The van der Waals surface area contributed by atoms with E-state index in [0.717, 1.165) is 25.9 Å². The number of hydrogen-bond acceptors (Lipinski definition) is 4. The zero-order valence-corrected chi connectivity index (χ0v) is 15.7. The first-order valence-electron chi connectivity index (χ1n) is 9.60. The third kappa shape index (κ3) is 4.66. The van der Waals surface area contributed by atoms with Crippen molar-refractivity contribution >= 4 is 23.5 Å². The Balaban J connectivity index is 1.60. The third-order valence-electron chi connectivity index (χ3n) is 5.54. The first-order valence-corrected chi connectivity index (χ1v) is 9.60. The van der Waals surface area contributed by atoms with Crippen molar-refractivity contribution in [2.45, 2.75) is 38.6 Å². The molecule has 0 saturated carbocycles. The summed E-state index contributed by atoms with van der Waals surface area (Å²) in [5, 5.41) is 11.8. The molecule has 7 nitrogen and oxygen atoms in total. The van der Waals surface area contributed by atoms with Crippen molar-refractivity contribution in [3.8, 4) is 0 Å². The first-order chi connectivity index (χ1) is 13.0. The molecule has 2 aliphatic rings. The van der Waals surface area contributed by atoms with Gasteiger partial charge in [-0.1, -0.05) is 25.1 Å². The highest BCUT2D eigenvalue weighted by Gasteiger charge is 2.37. The molecule has 1 aromatic carbocycles. The quantitative estimate of drug-likeness (QED) is 0.757. The average molecular weight is 373 g/mol. The fourth-order valence-corrected chi connectivity index (χ4v) is 4.09. The SMILES string of the molecule is CCN1CCCC1CN1CC(C(=O)Nc2ccccc2CC(=O)O)CC1=O. The molecular weight excluding hydrogens is 346 g/mol. The van der Waals surface area contributed by atoms with Gasteiger partial charge in [-0.05, 0) is 37.6 Å². The Kier molecular flexibility index (Phi) is 6.11. The molecule has 0 radical (unpaired) electrons. The van der Waals surface area contributed by atoms with Crippen LogP contribution >= 0.6 is 0 Å². The summed E-state index contributed by atoms with van der Waals surface area (Å²) >= 11 is 0. The summed E-state index contributed by atoms with van der Waals surface area (Å²) < 4.78 is 0. The van der Waals surface area contributed by atoms with Gasteiger partial charge in [-0.25, -0.2) is 0 Å². The minimum atomic E-state index is -0.948. The van der Waals surface area contributed by atoms with Crippen LogP contribution in [0.1, 0.15) is 31.7 Å². The lowest BCUT2D eigenvalue weighted by Gasteiger charge is -2.27. The van der Waals surface area contributed by atoms with Gasteiger partial charge >= 0.3 is 5.97 Å². The second-order valence-corrected chi connectivity index (χ2v) is 7.34. The number of carboxylic acids is 1. The van der Waals surface area contributed by atoms with E-state index in [1.54, 1.807) is 24.3 Å². The molecular formula is C20H27N3O4. The Morgan fingerprint density at radius 1 is 1.30 bits per heavy atom. The van der Waals surface area contributed by atoms with E-state index in [2.05, 4.69) is 17.1 Å². The van der Waals surface area contributed by atoms with Gasteiger partial charge in [0.1, 0.15) is 0 Å². The molecule has 7 heteroatoms. The number of amides is 2. The molecule has 2 N–H and O–H groups in total. The largest absolute Gasteiger partial charge is 0.481 e. The molecule has 0 bridgehead atoms. The van der Waals surface area contributed by atoms with Crippen molar-refractivity contribution in [2.24, 2.45) is 5.92 Å². The second kappa shape index (κ2) is 8.52. The van der Waals surface area contributed by atoms with Crippen molar-refractivity contribution in [3.05, 3.63) is 29.8 Å². The summed E-state index contributed by atoms with van der Waals surface area (Å²) in [4.78, 5) is 40.2. The standard InChI is InChI=1S/C20H27N3O4/c1-2-22-9-5-7-16(22)13-23-12-15(10-18(23)24)20(27)21-17-8-4-3-6-14(17)11-19(25)26/h3-4,6,8,15-16H,2,5,7,9-13H2,1H3,(H,21,27)(H,25,26). The summed E-state index contributed by atoms with van der Waals surface area (Å²) in [6, 6.07) is 7.28. The zero-order chi connectivity index (χ0) is 19.4. The second-order valence-electron chi connectivity index (χ2n) is 7.34. The highest BCUT2D eigenvalue weighted by molar-refractivity contribution is 5.98. The number of para-hydroxylation sites is 1. The predicted molar refractivity (Wildman–Crippen MR) is 101 cm³/mol. The summed E-state index contributed by atoms with van der Waals surface area (Å²) in [5.74, 6) is -1.54. The van der Waals surface area contributed by atoms with Crippen LogP contribution in [0.4, 0.5) is 5.69 Å². The van der Waals surface area contributed by atoms with Crippen LogP contribution in [-0.2, 0) is 20.8 Å². The van der Waals surface area contributed by atoms with Gasteiger partial charge in [-0.3, -0.25) is 19.3 Å². The lowest BCUT2D eigenvalue weighted by molar-refractivity contribution is -0.136. The maximum Gasteiger partial charge on any atom is 0.307 e. The van der Waals surface area contributed by atoms with Crippen molar-refractivity contribution in [1.29, 1.82) is 0 Å². The minimum Gasteiger partial charge on any atom is -0.481 e. The zero-order valence-electron chi connectivity index (χ0n) is 15.7. The van der Waals surface area contributed by atoms with Crippen LogP contribution in [0.5, 0.6) is 0 Å². The van der Waals surface area contributed by atoms with Crippen molar-refractivity contribution in [1.82, 2.24) is 9.80 Å². The molecule has 3 rings (SSSR count). The number of nitrogens with zero attached hydrogens (tertiary/aromatic N) is 2. The van der Waals surface area contributed by atoms with Crippen LogP contribution in [0.25, 0.3) is 0 Å². The molecule has 2 atom stereocenters. The number of nitrogens with one attached hydrogen (secondary N) is 1. The number of carbonyl (C=O) groups is 3. The number of carbonyl (C=O) groups excluding carboxylic acids is 2. The molecule has 2 fully saturated rings. The number of anilines is 1.